The Kier molecular flexibility index (Phi) is 4.33. The van der Waals surface area contributed by atoms with Crippen LogP contribution in [0.5, 0.6) is 0 Å². The third kappa shape index (κ3) is 3.22. The minimum Gasteiger partial charge on any atom is -0.333 e. The highest BCUT2D eigenvalue weighted by atomic mass is 16.2. The molecule has 1 aliphatic heterocycles. The van der Waals surface area contributed by atoms with Gasteiger partial charge < -0.3 is 9.80 Å². The van der Waals surface area contributed by atoms with Gasteiger partial charge in [0.2, 0.25) is 0 Å². The van der Waals surface area contributed by atoms with Crippen LogP contribution in [0.25, 0.3) is 0 Å². The second kappa shape index (κ2) is 5.38. The number of carbonyl (C=O) groups excluding carboxylic acids is 2. The van der Waals surface area contributed by atoms with Gasteiger partial charge in [-0.15, -0.1) is 0 Å². The molecule has 0 unspecified atom stereocenters. The molecule has 1 heterocycles. The van der Waals surface area contributed by atoms with Crippen molar-refractivity contribution in [2.75, 3.05) is 19.6 Å². The molecule has 2 amide bonds. The van der Waals surface area contributed by atoms with Crippen molar-refractivity contribution >= 4 is 11.8 Å². The number of carbonyl (C=O) groups is 2. The van der Waals surface area contributed by atoms with Crippen LogP contribution in [-0.2, 0) is 9.59 Å². The van der Waals surface area contributed by atoms with Crippen molar-refractivity contribution in [3.05, 3.63) is 0 Å². The number of rotatable bonds is 4. The smallest absolute Gasteiger partial charge is 0.312 e. The topological polar surface area (TPSA) is 64.4 Å². The number of hydrogen-bond donors (Lipinski definition) is 0. The second-order valence-electron chi connectivity index (χ2n) is 5.63. The summed E-state index contributed by atoms with van der Waals surface area (Å²) in [6.45, 7) is 9.09. The van der Waals surface area contributed by atoms with E-state index in [1.54, 1.807) is 9.80 Å². The van der Waals surface area contributed by atoms with Gasteiger partial charge in [-0.3, -0.25) is 9.59 Å². The maximum Gasteiger partial charge on any atom is 0.312 e. The molecule has 0 saturated carbocycles. The van der Waals surface area contributed by atoms with Crippen LogP contribution in [0.3, 0.4) is 0 Å². The molecule has 5 nitrogen and oxygen atoms in total. The maximum atomic E-state index is 11.9. The van der Waals surface area contributed by atoms with Gasteiger partial charge in [-0.2, -0.15) is 5.26 Å². The number of piperazine rings is 1. The van der Waals surface area contributed by atoms with E-state index >= 15 is 0 Å². The molecule has 1 fully saturated rings. The molecule has 1 rings (SSSR count). The molecule has 0 aliphatic carbocycles. The first-order valence-corrected chi connectivity index (χ1v) is 6.29. The lowest BCUT2D eigenvalue weighted by Gasteiger charge is -2.36. The Hall–Kier alpha value is -1.57. The van der Waals surface area contributed by atoms with E-state index in [1.807, 2.05) is 27.7 Å². The zero-order valence-electron chi connectivity index (χ0n) is 11.6. The van der Waals surface area contributed by atoms with Crippen molar-refractivity contribution < 1.29 is 9.59 Å². The molecule has 18 heavy (non-hydrogen) atoms. The van der Waals surface area contributed by atoms with E-state index in [1.165, 1.54) is 0 Å². The fraction of sp³-hybridized carbons (Fsp3) is 0.769. The summed E-state index contributed by atoms with van der Waals surface area (Å²) >= 11 is 0. The Labute approximate surface area is 108 Å². The normalized spacial score (nSPS) is 17.3. The Bertz CT molecular complexity index is 382. The first-order valence-electron chi connectivity index (χ1n) is 6.29. The molecule has 0 bridgehead atoms. The van der Waals surface area contributed by atoms with Gasteiger partial charge in [0.25, 0.3) is 0 Å². The fourth-order valence-electron chi connectivity index (χ4n) is 1.87. The maximum absolute atomic E-state index is 11.9. The molecule has 0 N–H and O–H groups in total. The van der Waals surface area contributed by atoms with Crippen LogP contribution < -0.4 is 0 Å². The standard InChI is InChI=1S/C13H21N3O2/c1-10(2)16-8-7-15(11(17)12(16)18)6-5-13(3,4)9-14/h10H,5-8H2,1-4H3. The lowest BCUT2D eigenvalue weighted by Crippen LogP contribution is -2.56. The Balaban J connectivity index is 2.60. The SMILES string of the molecule is CC(C)N1CCN(CCC(C)(C)C#N)C(=O)C1=O. The van der Waals surface area contributed by atoms with E-state index in [4.69, 9.17) is 5.26 Å². The lowest BCUT2D eigenvalue weighted by molar-refractivity contribution is -0.157. The summed E-state index contributed by atoms with van der Waals surface area (Å²) in [6.07, 6.45) is 0.587. The summed E-state index contributed by atoms with van der Waals surface area (Å²) in [5.74, 6) is -0.866. The molecule has 100 valence electrons. The summed E-state index contributed by atoms with van der Waals surface area (Å²) in [5, 5.41) is 8.93. The summed E-state index contributed by atoms with van der Waals surface area (Å²) in [6, 6.07) is 2.26. The lowest BCUT2D eigenvalue weighted by atomic mass is 9.91. The molecule has 1 saturated heterocycles. The van der Waals surface area contributed by atoms with Crippen molar-refractivity contribution in [1.82, 2.24) is 9.80 Å². The van der Waals surface area contributed by atoms with E-state index in [9.17, 15) is 9.59 Å². The van der Waals surface area contributed by atoms with Gasteiger partial charge in [0.1, 0.15) is 0 Å². The van der Waals surface area contributed by atoms with Crippen molar-refractivity contribution in [2.45, 2.75) is 40.2 Å². The van der Waals surface area contributed by atoms with Gasteiger partial charge in [0, 0.05) is 25.7 Å². The molecular formula is C13H21N3O2. The molecule has 0 aromatic carbocycles. The molecule has 0 aromatic heterocycles. The third-order valence-corrected chi connectivity index (χ3v) is 3.27. The van der Waals surface area contributed by atoms with Crippen molar-refractivity contribution in [3.63, 3.8) is 0 Å². The average Bonchev–Trinajstić information content (AvgIpc) is 2.30. The van der Waals surface area contributed by atoms with Crippen LogP contribution >= 0.6 is 0 Å². The zero-order chi connectivity index (χ0) is 13.9. The monoisotopic (exact) mass is 251 g/mol. The molecule has 1 aliphatic rings. The van der Waals surface area contributed by atoms with Crippen LogP contribution in [0.15, 0.2) is 0 Å². The highest BCUT2D eigenvalue weighted by Gasteiger charge is 2.34. The molecule has 0 atom stereocenters. The van der Waals surface area contributed by atoms with E-state index in [2.05, 4.69) is 6.07 Å². The number of nitriles is 1. The highest BCUT2D eigenvalue weighted by molar-refractivity contribution is 6.35. The van der Waals surface area contributed by atoms with Gasteiger partial charge in [-0.1, -0.05) is 0 Å². The Morgan fingerprint density at radius 3 is 2.39 bits per heavy atom. The van der Waals surface area contributed by atoms with E-state index in [0.717, 1.165) is 0 Å². The van der Waals surface area contributed by atoms with E-state index < -0.39 is 17.2 Å². The molecule has 0 aromatic rings. The van der Waals surface area contributed by atoms with Crippen molar-refractivity contribution in [2.24, 2.45) is 5.41 Å². The zero-order valence-corrected chi connectivity index (χ0v) is 11.6. The van der Waals surface area contributed by atoms with Crippen LogP contribution in [0.1, 0.15) is 34.1 Å². The Morgan fingerprint density at radius 1 is 1.28 bits per heavy atom. The molecular weight excluding hydrogens is 230 g/mol. The minimum atomic E-state index is -0.460. The van der Waals surface area contributed by atoms with Crippen LogP contribution in [-0.4, -0.2) is 47.3 Å². The first kappa shape index (κ1) is 14.5. The van der Waals surface area contributed by atoms with Crippen molar-refractivity contribution in [3.8, 4) is 6.07 Å². The van der Waals surface area contributed by atoms with Gasteiger partial charge in [0.15, 0.2) is 0 Å². The second-order valence-corrected chi connectivity index (χ2v) is 5.63. The minimum absolute atomic E-state index is 0.0548. The van der Waals surface area contributed by atoms with Crippen LogP contribution in [0, 0.1) is 16.7 Å². The van der Waals surface area contributed by atoms with E-state index in [0.29, 0.717) is 26.1 Å². The largest absolute Gasteiger partial charge is 0.333 e. The molecule has 0 spiro atoms. The number of amides is 2. The summed E-state index contributed by atoms with van der Waals surface area (Å²) in [4.78, 5) is 26.9. The van der Waals surface area contributed by atoms with Crippen molar-refractivity contribution in [1.29, 1.82) is 5.26 Å². The Morgan fingerprint density at radius 2 is 1.89 bits per heavy atom. The predicted octanol–water partition coefficient (Wildman–Crippen LogP) is 1.01. The number of hydrogen-bond acceptors (Lipinski definition) is 3. The number of nitrogens with zero attached hydrogens (tertiary/aromatic N) is 3. The van der Waals surface area contributed by atoms with Crippen LogP contribution in [0.2, 0.25) is 0 Å². The molecule has 0 radical (unpaired) electrons. The van der Waals surface area contributed by atoms with Gasteiger partial charge in [-0.05, 0) is 34.1 Å². The molecule has 5 heteroatoms. The van der Waals surface area contributed by atoms with E-state index in [-0.39, 0.29) is 6.04 Å². The summed E-state index contributed by atoms with van der Waals surface area (Å²) in [7, 11) is 0. The van der Waals surface area contributed by atoms with Gasteiger partial charge in [-0.25, -0.2) is 0 Å². The quantitative estimate of drug-likeness (QED) is 0.700. The highest BCUT2D eigenvalue weighted by Crippen LogP contribution is 2.20. The fourth-order valence-corrected chi connectivity index (χ4v) is 1.87. The third-order valence-electron chi connectivity index (χ3n) is 3.27. The summed E-state index contributed by atoms with van der Waals surface area (Å²) < 4.78 is 0. The first-order chi connectivity index (χ1) is 8.28. The predicted molar refractivity (Wildman–Crippen MR) is 67.4 cm³/mol. The van der Waals surface area contributed by atoms with Gasteiger partial charge in [0.05, 0.1) is 11.5 Å². The average molecular weight is 251 g/mol. The van der Waals surface area contributed by atoms with Crippen LogP contribution in [0.4, 0.5) is 0 Å². The summed E-state index contributed by atoms with van der Waals surface area (Å²) in [5.41, 5.74) is -0.460. The van der Waals surface area contributed by atoms with Gasteiger partial charge >= 0.3 is 11.8 Å².